The van der Waals surface area contributed by atoms with Crippen LogP contribution in [0.15, 0.2) is 59.7 Å². The quantitative estimate of drug-likeness (QED) is 0.481. The molecule has 0 aliphatic heterocycles. The van der Waals surface area contributed by atoms with Gasteiger partial charge in [0.15, 0.2) is 18.1 Å². The first-order valence-electron chi connectivity index (χ1n) is 8.45. The first-order chi connectivity index (χ1) is 13.6. The third-order valence-electron chi connectivity index (χ3n) is 3.99. The summed E-state index contributed by atoms with van der Waals surface area (Å²) in [7, 11) is 3.05. The van der Waals surface area contributed by atoms with E-state index in [1.165, 1.54) is 20.4 Å². The molecule has 0 aromatic heterocycles. The third-order valence-corrected chi connectivity index (χ3v) is 4.31. The molecule has 0 fully saturated rings. The lowest BCUT2D eigenvalue weighted by atomic mass is 10.1. The minimum absolute atomic E-state index is 0.157. The topological polar surface area (TPSA) is 69.2 Å². The molecule has 28 heavy (non-hydrogen) atoms. The van der Waals surface area contributed by atoms with Crippen molar-refractivity contribution < 1.29 is 19.0 Å². The molecule has 0 saturated carbocycles. The summed E-state index contributed by atoms with van der Waals surface area (Å²) < 4.78 is 15.9. The van der Waals surface area contributed by atoms with Crippen molar-refractivity contribution >= 4 is 34.5 Å². The Kier molecular flexibility index (Phi) is 6.34. The maximum atomic E-state index is 12.0. The van der Waals surface area contributed by atoms with Gasteiger partial charge in [0.25, 0.3) is 5.91 Å². The number of halogens is 1. The van der Waals surface area contributed by atoms with E-state index in [1.807, 2.05) is 42.5 Å². The molecule has 0 bridgehead atoms. The molecule has 3 aromatic rings. The van der Waals surface area contributed by atoms with Crippen LogP contribution in [0, 0.1) is 0 Å². The molecule has 6 nitrogen and oxygen atoms in total. The zero-order valence-electron chi connectivity index (χ0n) is 15.4. The highest BCUT2D eigenvalue weighted by Crippen LogP contribution is 2.32. The van der Waals surface area contributed by atoms with Gasteiger partial charge in [0.05, 0.1) is 25.5 Å². The normalized spacial score (nSPS) is 10.8. The predicted molar refractivity (Wildman–Crippen MR) is 110 cm³/mol. The lowest BCUT2D eigenvalue weighted by molar-refractivity contribution is -0.123. The van der Waals surface area contributed by atoms with Gasteiger partial charge in [-0.2, -0.15) is 5.10 Å². The van der Waals surface area contributed by atoms with Crippen LogP contribution < -0.4 is 19.6 Å². The number of fused-ring (bicyclic) bond motifs is 1. The summed E-state index contributed by atoms with van der Waals surface area (Å²) in [4.78, 5) is 12.0. The van der Waals surface area contributed by atoms with Crippen LogP contribution in [-0.2, 0) is 4.79 Å². The third kappa shape index (κ3) is 4.72. The molecule has 7 heteroatoms. The number of rotatable bonds is 7. The second-order valence-electron chi connectivity index (χ2n) is 5.82. The van der Waals surface area contributed by atoms with Gasteiger partial charge in [-0.25, -0.2) is 5.43 Å². The van der Waals surface area contributed by atoms with Crippen molar-refractivity contribution in [3.63, 3.8) is 0 Å². The summed E-state index contributed by atoms with van der Waals surface area (Å²) in [6.07, 6.45) is 1.43. The molecule has 0 radical (unpaired) electrons. The van der Waals surface area contributed by atoms with Gasteiger partial charge in [-0.3, -0.25) is 4.79 Å². The van der Waals surface area contributed by atoms with E-state index in [1.54, 1.807) is 12.1 Å². The van der Waals surface area contributed by atoms with E-state index in [-0.39, 0.29) is 12.5 Å². The van der Waals surface area contributed by atoms with Crippen molar-refractivity contribution in [1.29, 1.82) is 0 Å². The largest absolute Gasteiger partial charge is 0.493 e. The maximum absolute atomic E-state index is 12.0. The van der Waals surface area contributed by atoms with Gasteiger partial charge in [-0.05, 0) is 29.0 Å². The van der Waals surface area contributed by atoms with Crippen molar-refractivity contribution in [2.24, 2.45) is 5.10 Å². The Morgan fingerprint density at radius 3 is 2.50 bits per heavy atom. The highest BCUT2D eigenvalue weighted by atomic mass is 35.5. The minimum atomic E-state index is -0.388. The van der Waals surface area contributed by atoms with Crippen molar-refractivity contribution in [3.05, 3.63) is 65.2 Å². The number of amides is 1. The first kappa shape index (κ1) is 19.5. The van der Waals surface area contributed by atoms with E-state index in [4.69, 9.17) is 25.8 Å². The van der Waals surface area contributed by atoms with Crippen LogP contribution in [-0.4, -0.2) is 32.9 Å². The Hall–Kier alpha value is -3.25. The number of hydrogen-bond donors (Lipinski definition) is 1. The lowest BCUT2D eigenvalue weighted by Gasteiger charge is -2.09. The second-order valence-corrected chi connectivity index (χ2v) is 6.23. The molecular formula is C21H19ClN2O4. The Morgan fingerprint density at radius 1 is 1.04 bits per heavy atom. The predicted octanol–water partition coefficient (Wildman–Crippen LogP) is 4.04. The van der Waals surface area contributed by atoms with Crippen LogP contribution in [0.5, 0.6) is 17.2 Å². The summed E-state index contributed by atoms with van der Waals surface area (Å²) in [5.74, 6) is 1.25. The summed E-state index contributed by atoms with van der Waals surface area (Å²) in [6, 6.07) is 16.9. The van der Waals surface area contributed by atoms with Crippen LogP contribution in [0.1, 0.15) is 5.56 Å². The van der Waals surface area contributed by atoms with Gasteiger partial charge < -0.3 is 14.2 Å². The van der Waals surface area contributed by atoms with Crippen LogP contribution in [0.3, 0.4) is 0 Å². The molecule has 0 spiro atoms. The van der Waals surface area contributed by atoms with E-state index < -0.39 is 0 Å². The Balaban J connectivity index is 1.57. The van der Waals surface area contributed by atoms with Crippen LogP contribution in [0.2, 0.25) is 5.02 Å². The van der Waals surface area contributed by atoms with Crippen LogP contribution in [0.25, 0.3) is 10.8 Å². The number of hydrazone groups is 1. The molecule has 0 aliphatic carbocycles. The monoisotopic (exact) mass is 398 g/mol. The summed E-state index contributed by atoms with van der Waals surface area (Å²) in [5.41, 5.74) is 2.99. The first-order valence-corrected chi connectivity index (χ1v) is 8.83. The lowest BCUT2D eigenvalue weighted by Crippen LogP contribution is -2.24. The number of benzene rings is 3. The van der Waals surface area contributed by atoms with E-state index in [0.29, 0.717) is 27.8 Å². The van der Waals surface area contributed by atoms with Crippen molar-refractivity contribution in [2.45, 2.75) is 0 Å². The molecule has 3 rings (SSSR count). The van der Waals surface area contributed by atoms with Crippen LogP contribution in [0.4, 0.5) is 0 Å². The van der Waals surface area contributed by atoms with Gasteiger partial charge in [-0.15, -0.1) is 0 Å². The van der Waals surface area contributed by atoms with Gasteiger partial charge >= 0.3 is 0 Å². The van der Waals surface area contributed by atoms with E-state index in [0.717, 1.165) is 10.8 Å². The fourth-order valence-corrected chi connectivity index (χ4v) is 2.78. The number of hydrogen-bond acceptors (Lipinski definition) is 5. The number of methoxy groups -OCH3 is 2. The van der Waals surface area contributed by atoms with Gasteiger partial charge in [0, 0.05) is 11.6 Å². The fraction of sp³-hybridized carbons (Fsp3) is 0.143. The fourth-order valence-electron chi connectivity index (χ4n) is 2.58. The molecule has 0 aliphatic rings. The molecule has 3 aromatic carbocycles. The molecule has 1 N–H and O–H groups in total. The average Bonchev–Trinajstić information content (AvgIpc) is 2.72. The maximum Gasteiger partial charge on any atom is 0.277 e. The van der Waals surface area contributed by atoms with E-state index in [2.05, 4.69) is 10.5 Å². The molecule has 0 heterocycles. The summed E-state index contributed by atoms with van der Waals surface area (Å²) in [6.45, 7) is -0.157. The highest BCUT2D eigenvalue weighted by Gasteiger charge is 2.09. The van der Waals surface area contributed by atoms with E-state index >= 15 is 0 Å². The number of nitrogens with one attached hydrogen (secondary N) is 1. The van der Waals surface area contributed by atoms with Gasteiger partial charge in [-0.1, -0.05) is 41.9 Å². The zero-order valence-corrected chi connectivity index (χ0v) is 16.2. The summed E-state index contributed by atoms with van der Waals surface area (Å²) in [5, 5.41) is 6.48. The molecule has 1 amide bonds. The van der Waals surface area contributed by atoms with Gasteiger partial charge in [0.2, 0.25) is 0 Å². The smallest absolute Gasteiger partial charge is 0.277 e. The Labute approximate surface area is 167 Å². The van der Waals surface area contributed by atoms with Crippen molar-refractivity contribution in [2.75, 3.05) is 20.8 Å². The standard InChI is InChI=1S/C21H19ClN2O4/c1-26-19-10-16(18(22)11-20(19)27-2)12-23-24-21(25)13-28-17-8-7-14-5-3-4-6-15(14)9-17/h3-12H,13H2,1-2H3,(H,24,25)/b23-12+. The number of nitrogens with zero attached hydrogens (tertiary/aromatic N) is 1. The number of ether oxygens (including phenoxy) is 3. The van der Waals surface area contributed by atoms with Gasteiger partial charge in [0.1, 0.15) is 5.75 Å². The molecule has 0 atom stereocenters. The Morgan fingerprint density at radius 2 is 1.75 bits per heavy atom. The zero-order chi connectivity index (χ0) is 19.9. The molecule has 0 saturated heterocycles. The average molecular weight is 399 g/mol. The molecule has 144 valence electrons. The number of carbonyl (C=O) groups is 1. The molecular weight excluding hydrogens is 380 g/mol. The highest BCUT2D eigenvalue weighted by molar-refractivity contribution is 6.33. The SMILES string of the molecule is COc1cc(Cl)c(/C=N/NC(=O)COc2ccc3ccccc3c2)cc1OC. The van der Waals surface area contributed by atoms with E-state index in [9.17, 15) is 4.79 Å². The van der Waals surface area contributed by atoms with Crippen molar-refractivity contribution in [3.8, 4) is 17.2 Å². The minimum Gasteiger partial charge on any atom is -0.493 e. The summed E-state index contributed by atoms with van der Waals surface area (Å²) >= 11 is 6.18. The van der Waals surface area contributed by atoms with Crippen LogP contribution >= 0.6 is 11.6 Å². The molecule has 0 unspecified atom stereocenters. The van der Waals surface area contributed by atoms with Crippen molar-refractivity contribution in [1.82, 2.24) is 5.43 Å². The Bertz CT molecular complexity index is 1020. The number of carbonyl (C=O) groups excluding carboxylic acids is 1. The second kappa shape index (κ2) is 9.10.